The third-order valence-electron chi connectivity index (χ3n) is 5.39. The maximum absolute atomic E-state index is 6.29. The fourth-order valence-corrected chi connectivity index (χ4v) is 3.78. The Morgan fingerprint density at radius 3 is 2.96 bits per heavy atom. The Bertz CT molecular complexity index is 837. The number of anilines is 3. The fraction of sp³-hybridized carbons (Fsp3) is 0.588. The maximum Gasteiger partial charge on any atom is 0.230 e. The summed E-state index contributed by atoms with van der Waals surface area (Å²) in [7, 11) is 0. The Kier molecular flexibility index (Phi) is 3.90. The molecule has 2 bridgehead atoms. The van der Waals surface area contributed by atoms with E-state index in [1.54, 1.807) is 6.20 Å². The van der Waals surface area contributed by atoms with Gasteiger partial charge in [0.15, 0.2) is 17.4 Å². The summed E-state index contributed by atoms with van der Waals surface area (Å²) >= 11 is 6.29. The number of rotatable bonds is 1. The molecule has 8 nitrogen and oxygen atoms in total. The van der Waals surface area contributed by atoms with Crippen LogP contribution in [0.2, 0.25) is 5.02 Å². The molecule has 9 heteroatoms. The first-order valence-electron chi connectivity index (χ1n) is 9.05. The molecule has 1 saturated heterocycles. The summed E-state index contributed by atoms with van der Waals surface area (Å²) in [6.07, 6.45) is 5.09. The normalized spacial score (nSPS) is 25.0. The van der Waals surface area contributed by atoms with E-state index in [-0.39, 0.29) is 12.0 Å². The number of hydrogen-bond acceptors (Lipinski definition) is 7. The molecule has 0 spiro atoms. The van der Waals surface area contributed by atoms with E-state index in [2.05, 4.69) is 20.6 Å². The minimum atomic E-state index is 0.0961. The predicted molar refractivity (Wildman–Crippen MR) is 97.4 cm³/mol. The number of aryl methyl sites for hydroxylation is 1. The standard InChI is InChI=1S/C17H21ClN6O2/c1-9-14-16(24(23-9)11-3-2-4-11)22-17-19-5-12(18)15(21-17)20-13-8-25-6-10(13)7-26-14/h5,10-11,13H,2-4,6-8H2,1H3,(H2,19,20,21,22)/t10-,13+/m0/s1. The van der Waals surface area contributed by atoms with Crippen LogP contribution in [-0.2, 0) is 4.74 Å². The molecule has 5 rings (SSSR count). The number of ether oxygens (including phenoxy) is 2. The van der Waals surface area contributed by atoms with Gasteiger partial charge >= 0.3 is 0 Å². The van der Waals surface area contributed by atoms with Crippen LogP contribution in [-0.4, -0.2) is 45.6 Å². The summed E-state index contributed by atoms with van der Waals surface area (Å²) in [5.41, 5.74) is 0.872. The van der Waals surface area contributed by atoms with Gasteiger partial charge in [-0.15, -0.1) is 0 Å². The highest BCUT2D eigenvalue weighted by atomic mass is 35.5. The number of nitrogens with one attached hydrogen (secondary N) is 2. The first kappa shape index (κ1) is 16.1. The first-order chi connectivity index (χ1) is 12.7. The van der Waals surface area contributed by atoms with E-state index in [4.69, 9.17) is 26.2 Å². The number of halogens is 1. The molecule has 26 heavy (non-hydrogen) atoms. The second-order valence-electron chi connectivity index (χ2n) is 7.17. The van der Waals surface area contributed by atoms with Crippen molar-refractivity contribution in [1.29, 1.82) is 0 Å². The van der Waals surface area contributed by atoms with Crippen molar-refractivity contribution < 1.29 is 9.47 Å². The van der Waals surface area contributed by atoms with E-state index >= 15 is 0 Å². The lowest BCUT2D eigenvalue weighted by Gasteiger charge is -2.27. The average Bonchev–Trinajstić information content (AvgIpc) is 3.12. The van der Waals surface area contributed by atoms with Gasteiger partial charge in [0.05, 0.1) is 38.1 Å². The van der Waals surface area contributed by atoms with Gasteiger partial charge in [-0.2, -0.15) is 10.1 Å². The molecule has 0 aromatic carbocycles. The molecule has 2 aromatic heterocycles. The zero-order chi connectivity index (χ0) is 17.7. The minimum absolute atomic E-state index is 0.0961. The number of aromatic nitrogens is 4. The first-order valence-corrected chi connectivity index (χ1v) is 9.42. The van der Waals surface area contributed by atoms with Crippen LogP contribution in [0.4, 0.5) is 17.6 Å². The van der Waals surface area contributed by atoms with Crippen molar-refractivity contribution in [2.24, 2.45) is 5.92 Å². The number of nitrogens with zero attached hydrogens (tertiary/aromatic N) is 4. The molecule has 3 aliphatic rings. The highest BCUT2D eigenvalue weighted by molar-refractivity contribution is 6.32. The zero-order valence-corrected chi connectivity index (χ0v) is 15.3. The van der Waals surface area contributed by atoms with Crippen molar-refractivity contribution in [2.45, 2.75) is 38.3 Å². The molecule has 4 heterocycles. The van der Waals surface area contributed by atoms with Crippen LogP contribution >= 0.6 is 11.6 Å². The summed E-state index contributed by atoms with van der Waals surface area (Å²) in [5.74, 6) is 2.88. The molecular weight excluding hydrogens is 356 g/mol. The zero-order valence-electron chi connectivity index (χ0n) is 14.5. The van der Waals surface area contributed by atoms with Gasteiger partial charge in [-0.1, -0.05) is 11.6 Å². The van der Waals surface area contributed by atoms with Crippen LogP contribution in [0.3, 0.4) is 0 Å². The van der Waals surface area contributed by atoms with Gasteiger partial charge in [-0.3, -0.25) is 0 Å². The van der Waals surface area contributed by atoms with Crippen LogP contribution in [0.5, 0.6) is 5.75 Å². The molecule has 0 amide bonds. The van der Waals surface area contributed by atoms with Gasteiger partial charge in [-0.05, 0) is 26.2 Å². The summed E-state index contributed by atoms with van der Waals surface area (Å²) in [4.78, 5) is 8.90. The van der Waals surface area contributed by atoms with E-state index in [1.807, 2.05) is 11.6 Å². The van der Waals surface area contributed by atoms with Gasteiger partial charge in [0.1, 0.15) is 10.7 Å². The quantitative estimate of drug-likeness (QED) is 0.791. The largest absolute Gasteiger partial charge is 0.487 e. The molecular formula is C17H21ClN6O2. The van der Waals surface area contributed by atoms with Crippen LogP contribution < -0.4 is 15.4 Å². The molecule has 1 saturated carbocycles. The Labute approximate surface area is 156 Å². The highest BCUT2D eigenvalue weighted by Gasteiger charge is 2.33. The van der Waals surface area contributed by atoms with E-state index in [0.717, 1.165) is 30.1 Å². The smallest absolute Gasteiger partial charge is 0.230 e. The summed E-state index contributed by atoms with van der Waals surface area (Å²) < 4.78 is 13.9. The molecule has 2 N–H and O–H groups in total. The minimum Gasteiger partial charge on any atom is -0.487 e. The van der Waals surface area contributed by atoms with Crippen molar-refractivity contribution in [1.82, 2.24) is 19.7 Å². The molecule has 2 atom stereocenters. The lowest BCUT2D eigenvalue weighted by Crippen LogP contribution is -2.32. The van der Waals surface area contributed by atoms with Crippen LogP contribution in [0.25, 0.3) is 0 Å². The van der Waals surface area contributed by atoms with E-state index in [9.17, 15) is 0 Å². The average molecular weight is 377 g/mol. The molecule has 2 aliphatic heterocycles. The second-order valence-corrected chi connectivity index (χ2v) is 7.57. The van der Waals surface area contributed by atoms with Crippen molar-refractivity contribution in [2.75, 3.05) is 30.5 Å². The Morgan fingerprint density at radius 2 is 2.15 bits per heavy atom. The van der Waals surface area contributed by atoms with E-state index in [1.165, 1.54) is 6.42 Å². The molecule has 2 aromatic rings. The lowest BCUT2D eigenvalue weighted by atomic mass is 9.93. The van der Waals surface area contributed by atoms with Crippen molar-refractivity contribution >= 4 is 29.2 Å². The lowest BCUT2D eigenvalue weighted by molar-refractivity contribution is 0.167. The van der Waals surface area contributed by atoms with Crippen LogP contribution in [0.15, 0.2) is 6.20 Å². The topological polar surface area (TPSA) is 86.1 Å². The molecule has 2 fully saturated rings. The van der Waals surface area contributed by atoms with E-state index in [0.29, 0.717) is 42.7 Å². The monoisotopic (exact) mass is 376 g/mol. The van der Waals surface area contributed by atoms with Gasteiger partial charge in [-0.25, -0.2) is 9.67 Å². The fourth-order valence-electron chi connectivity index (χ4n) is 3.64. The Balaban J connectivity index is 1.60. The molecule has 0 radical (unpaired) electrons. The highest BCUT2D eigenvalue weighted by Crippen LogP contribution is 2.40. The predicted octanol–water partition coefficient (Wildman–Crippen LogP) is 2.92. The summed E-state index contributed by atoms with van der Waals surface area (Å²) in [6.45, 7) is 3.77. The van der Waals surface area contributed by atoms with Crippen LogP contribution in [0, 0.1) is 12.8 Å². The van der Waals surface area contributed by atoms with Crippen molar-refractivity contribution in [3.05, 3.63) is 16.9 Å². The van der Waals surface area contributed by atoms with Crippen molar-refractivity contribution in [3.63, 3.8) is 0 Å². The van der Waals surface area contributed by atoms with Gasteiger partial charge < -0.3 is 20.1 Å². The molecule has 138 valence electrons. The summed E-state index contributed by atoms with van der Waals surface area (Å²) in [5, 5.41) is 11.9. The van der Waals surface area contributed by atoms with Crippen LogP contribution in [0.1, 0.15) is 31.0 Å². The second kappa shape index (κ2) is 6.28. The Morgan fingerprint density at radius 1 is 1.27 bits per heavy atom. The Hall–Kier alpha value is -2.06. The summed E-state index contributed by atoms with van der Waals surface area (Å²) in [6, 6.07) is 0.491. The number of hydrogen-bond donors (Lipinski definition) is 2. The molecule has 1 aliphatic carbocycles. The van der Waals surface area contributed by atoms with Gasteiger partial charge in [0, 0.05) is 5.92 Å². The number of fused-ring (bicyclic) bond motifs is 4. The third-order valence-corrected chi connectivity index (χ3v) is 5.66. The van der Waals surface area contributed by atoms with E-state index < -0.39 is 0 Å². The van der Waals surface area contributed by atoms with Gasteiger partial charge in [0.2, 0.25) is 5.95 Å². The third kappa shape index (κ3) is 2.68. The molecule has 0 unspecified atom stereocenters. The SMILES string of the molecule is Cc1nn(C2CCC2)c2c1OC[C@@H]1COC[C@H]1Nc1nc(ncc1Cl)N2. The van der Waals surface area contributed by atoms with Crippen molar-refractivity contribution in [3.8, 4) is 5.75 Å². The maximum atomic E-state index is 6.29. The van der Waals surface area contributed by atoms with Gasteiger partial charge in [0.25, 0.3) is 0 Å².